The summed E-state index contributed by atoms with van der Waals surface area (Å²) in [5.74, 6) is 0.527. The van der Waals surface area contributed by atoms with Crippen molar-refractivity contribution in [1.82, 2.24) is 15.3 Å². The number of aromatic nitrogens is 2. The van der Waals surface area contributed by atoms with Gasteiger partial charge in [0.2, 0.25) is 5.91 Å². The Morgan fingerprint density at radius 3 is 2.79 bits per heavy atom. The zero-order valence-corrected chi connectivity index (χ0v) is 9.12. The minimum Gasteiger partial charge on any atom is -0.352 e. The number of rotatable bonds is 4. The molecule has 1 amide bonds. The lowest BCUT2D eigenvalue weighted by molar-refractivity contribution is -0.116. The van der Waals surface area contributed by atoms with E-state index in [9.17, 15) is 4.79 Å². The fourth-order valence-corrected chi connectivity index (χ4v) is 1.04. The molecule has 0 saturated heterocycles. The van der Waals surface area contributed by atoms with Crippen molar-refractivity contribution in [1.29, 1.82) is 0 Å². The Labute approximate surface area is 90.6 Å². The van der Waals surface area contributed by atoms with Crippen LogP contribution < -0.4 is 5.32 Å². The number of amides is 1. The van der Waals surface area contributed by atoms with E-state index in [1.165, 1.54) is 6.08 Å². The van der Waals surface area contributed by atoms with Crippen LogP contribution in [-0.4, -0.2) is 22.4 Å². The topological polar surface area (TPSA) is 54.9 Å². The van der Waals surface area contributed by atoms with Gasteiger partial charge in [-0.25, -0.2) is 9.97 Å². The van der Waals surface area contributed by atoms with Crippen LogP contribution in [0.15, 0.2) is 29.5 Å². The predicted octanol–water partition coefficient (Wildman–Crippen LogP) is 1.08. The maximum Gasteiger partial charge on any atom is 0.243 e. The third-order valence-electron chi connectivity index (χ3n) is 1.51. The smallest absolute Gasteiger partial charge is 0.243 e. The molecule has 0 atom stereocenters. The molecule has 1 rings (SSSR count). The second-order valence-corrected chi connectivity index (χ2v) is 3.48. The number of hydrogen-bond donors (Lipinski definition) is 1. The van der Waals surface area contributed by atoms with Gasteiger partial charge in [-0.1, -0.05) is 6.58 Å². The quantitative estimate of drug-likeness (QED) is 0.820. The fourth-order valence-electron chi connectivity index (χ4n) is 0.838. The van der Waals surface area contributed by atoms with E-state index >= 15 is 0 Å². The molecule has 1 heterocycles. The Bertz CT molecular complexity index is 323. The third-order valence-corrected chi connectivity index (χ3v) is 1.92. The summed E-state index contributed by atoms with van der Waals surface area (Å²) in [6.45, 7) is 3.87. The molecule has 74 valence electrons. The normalized spacial score (nSPS) is 9.50. The van der Waals surface area contributed by atoms with Gasteiger partial charge in [0.15, 0.2) is 0 Å². The van der Waals surface area contributed by atoms with Crippen molar-refractivity contribution in [3.8, 4) is 0 Å². The zero-order valence-electron chi connectivity index (χ0n) is 7.53. The standard InChI is InChI=1S/C9H10BrN3O/c1-2-9(14)11-4-3-8-12-5-7(10)6-13-8/h2,5-6H,1,3-4H2,(H,11,14). The summed E-state index contributed by atoms with van der Waals surface area (Å²) in [6, 6.07) is 0. The molecule has 0 aliphatic rings. The molecule has 0 aliphatic carbocycles. The molecule has 1 N–H and O–H groups in total. The van der Waals surface area contributed by atoms with Crippen molar-refractivity contribution in [3.63, 3.8) is 0 Å². The molecule has 0 spiro atoms. The van der Waals surface area contributed by atoms with Crippen LogP contribution in [0.25, 0.3) is 0 Å². The van der Waals surface area contributed by atoms with Crippen molar-refractivity contribution in [2.75, 3.05) is 6.54 Å². The van der Waals surface area contributed by atoms with E-state index in [0.717, 1.165) is 4.47 Å². The number of carbonyl (C=O) groups is 1. The highest BCUT2D eigenvalue weighted by molar-refractivity contribution is 9.10. The summed E-state index contributed by atoms with van der Waals surface area (Å²) >= 11 is 3.24. The third kappa shape index (κ3) is 3.66. The van der Waals surface area contributed by atoms with Gasteiger partial charge in [-0.05, 0) is 22.0 Å². The Morgan fingerprint density at radius 2 is 2.21 bits per heavy atom. The highest BCUT2D eigenvalue weighted by Crippen LogP contribution is 2.04. The zero-order chi connectivity index (χ0) is 10.4. The van der Waals surface area contributed by atoms with E-state index in [-0.39, 0.29) is 5.91 Å². The van der Waals surface area contributed by atoms with E-state index in [0.29, 0.717) is 18.8 Å². The Morgan fingerprint density at radius 1 is 1.57 bits per heavy atom. The summed E-state index contributed by atoms with van der Waals surface area (Å²) in [5, 5.41) is 2.65. The fraction of sp³-hybridized carbons (Fsp3) is 0.222. The van der Waals surface area contributed by atoms with Crippen molar-refractivity contribution < 1.29 is 4.79 Å². The average Bonchev–Trinajstić information content (AvgIpc) is 2.21. The van der Waals surface area contributed by atoms with Gasteiger partial charge in [0.25, 0.3) is 0 Å². The minimum atomic E-state index is -0.179. The van der Waals surface area contributed by atoms with Crippen LogP contribution in [0, 0.1) is 0 Å². The van der Waals surface area contributed by atoms with Gasteiger partial charge >= 0.3 is 0 Å². The monoisotopic (exact) mass is 255 g/mol. The maximum absolute atomic E-state index is 10.8. The molecular weight excluding hydrogens is 246 g/mol. The van der Waals surface area contributed by atoms with Crippen LogP contribution >= 0.6 is 15.9 Å². The lowest BCUT2D eigenvalue weighted by atomic mass is 10.4. The first-order valence-corrected chi connectivity index (χ1v) is 4.88. The molecule has 0 saturated carbocycles. The molecule has 0 aliphatic heterocycles. The number of nitrogens with one attached hydrogen (secondary N) is 1. The van der Waals surface area contributed by atoms with E-state index in [1.807, 2.05) is 0 Å². The van der Waals surface area contributed by atoms with Crippen molar-refractivity contribution in [2.24, 2.45) is 0 Å². The number of nitrogens with zero attached hydrogens (tertiary/aromatic N) is 2. The van der Waals surface area contributed by atoms with E-state index in [2.05, 4.69) is 37.8 Å². The van der Waals surface area contributed by atoms with Crippen LogP contribution in [0.2, 0.25) is 0 Å². The lowest BCUT2D eigenvalue weighted by Crippen LogP contribution is -2.23. The second-order valence-electron chi connectivity index (χ2n) is 2.56. The van der Waals surface area contributed by atoms with Gasteiger partial charge in [0.1, 0.15) is 5.82 Å². The van der Waals surface area contributed by atoms with Gasteiger partial charge in [0, 0.05) is 25.4 Å². The minimum absolute atomic E-state index is 0.179. The van der Waals surface area contributed by atoms with Gasteiger partial charge in [-0.15, -0.1) is 0 Å². The van der Waals surface area contributed by atoms with Crippen molar-refractivity contribution >= 4 is 21.8 Å². The number of hydrogen-bond acceptors (Lipinski definition) is 3. The van der Waals surface area contributed by atoms with E-state index in [4.69, 9.17) is 0 Å². The summed E-state index contributed by atoms with van der Waals surface area (Å²) < 4.78 is 0.844. The first-order chi connectivity index (χ1) is 6.72. The SMILES string of the molecule is C=CC(=O)NCCc1ncc(Br)cn1. The molecule has 5 heteroatoms. The van der Waals surface area contributed by atoms with E-state index in [1.54, 1.807) is 12.4 Å². The largest absolute Gasteiger partial charge is 0.352 e. The number of carbonyl (C=O) groups excluding carboxylic acids is 1. The van der Waals surface area contributed by atoms with Gasteiger partial charge in [-0.2, -0.15) is 0 Å². The summed E-state index contributed by atoms with van der Waals surface area (Å²) in [7, 11) is 0. The van der Waals surface area contributed by atoms with Crippen LogP contribution in [0.5, 0.6) is 0 Å². The van der Waals surface area contributed by atoms with Crippen LogP contribution in [-0.2, 0) is 11.2 Å². The Balaban J connectivity index is 2.35. The van der Waals surface area contributed by atoms with Crippen molar-refractivity contribution in [3.05, 3.63) is 35.3 Å². The molecule has 4 nitrogen and oxygen atoms in total. The first-order valence-electron chi connectivity index (χ1n) is 4.09. The highest BCUT2D eigenvalue weighted by Gasteiger charge is 1.97. The van der Waals surface area contributed by atoms with Gasteiger partial charge in [-0.3, -0.25) is 4.79 Å². The van der Waals surface area contributed by atoms with Crippen LogP contribution in [0.1, 0.15) is 5.82 Å². The number of halogens is 1. The molecule has 1 aromatic heterocycles. The molecule has 1 aromatic rings. The Hall–Kier alpha value is -1.23. The maximum atomic E-state index is 10.8. The van der Waals surface area contributed by atoms with Crippen LogP contribution in [0.3, 0.4) is 0 Å². The molecule has 0 fully saturated rings. The first kappa shape index (κ1) is 10.8. The summed E-state index contributed by atoms with van der Waals surface area (Å²) in [4.78, 5) is 18.9. The highest BCUT2D eigenvalue weighted by atomic mass is 79.9. The second kappa shape index (κ2) is 5.49. The van der Waals surface area contributed by atoms with E-state index < -0.39 is 0 Å². The molecule has 14 heavy (non-hydrogen) atoms. The molecule has 0 radical (unpaired) electrons. The molecular formula is C9H10BrN3O. The van der Waals surface area contributed by atoms with Gasteiger partial charge in [0.05, 0.1) is 4.47 Å². The summed E-state index contributed by atoms with van der Waals surface area (Å²) in [6.07, 6.45) is 5.21. The Kier molecular flexibility index (Phi) is 4.25. The summed E-state index contributed by atoms with van der Waals surface area (Å²) in [5.41, 5.74) is 0. The average molecular weight is 256 g/mol. The molecule has 0 unspecified atom stereocenters. The molecule has 0 bridgehead atoms. The predicted molar refractivity (Wildman–Crippen MR) is 56.6 cm³/mol. The van der Waals surface area contributed by atoms with Gasteiger partial charge < -0.3 is 5.32 Å². The van der Waals surface area contributed by atoms with Crippen LogP contribution in [0.4, 0.5) is 0 Å². The lowest BCUT2D eigenvalue weighted by Gasteiger charge is -2.00. The molecule has 0 aromatic carbocycles. The van der Waals surface area contributed by atoms with Crippen molar-refractivity contribution in [2.45, 2.75) is 6.42 Å².